The first-order valence-corrected chi connectivity index (χ1v) is 3.42. The second-order valence-electron chi connectivity index (χ2n) is 1.39. The summed E-state index contributed by atoms with van der Waals surface area (Å²) >= 11 is 3.21. The third-order valence-corrected chi connectivity index (χ3v) is 1.64. The molecule has 0 rings (SSSR count). The Balaban J connectivity index is 3.23. The van der Waals surface area contributed by atoms with Gasteiger partial charge in [-0.2, -0.15) is 5.26 Å². The van der Waals surface area contributed by atoms with Crippen molar-refractivity contribution in [1.29, 1.82) is 5.26 Å². The molecule has 0 unspecified atom stereocenters. The Hall–Kier alpha value is -0.0300. The minimum Gasteiger partial charge on any atom is -0.198 e. The molecule has 2 heteroatoms. The van der Waals surface area contributed by atoms with Crippen LogP contribution in [0.2, 0.25) is 0 Å². The van der Waals surface area contributed by atoms with E-state index in [9.17, 15) is 0 Å². The molecule has 0 N–H and O–H groups in total. The molecule has 40 valence electrons. The van der Waals surface area contributed by atoms with E-state index in [1.807, 2.05) is 6.92 Å². The molecule has 0 fully saturated rings. The summed E-state index contributed by atoms with van der Waals surface area (Å²) in [6.45, 7) is 2.01. The van der Waals surface area contributed by atoms with Crippen LogP contribution in [0.1, 0.15) is 13.3 Å². The number of hydrogen-bond donors (Lipinski definition) is 0. The Kier molecular flexibility index (Phi) is 4.12. The largest absolute Gasteiger partial charge is 0.198 e. The van der Waals surface area contributed by atoms with Crippen molar-refractivity contribution < 1.29 is 0 Å². The fraction of sp³-hybridized carbons (Fsp3) is 0.800. The van der Waals surface area contributed by atoms with Gasteiger partial charge in [0, 0.05) is 5.33 Å². The molecule has 1 atom stereocenters. The van der Waals surface area contributed by atoms with E-state index in [4.69, 9.17) is 5.26 Å². The smallest absolute Gasteiger partial charge is 0.0664 e. The first-order chi connectivity index (χ1) is 3.35. The fourth-order valence-corrected chi connectivity index (χ4v) is 0.838. The van der Waals surface area contributed by atoms with E-state index in [1.165, 1.54) is 0 Å². The van der Waals surface area contributed by atoms with E-state index >= 15 is 0 Å². The molecule has 0 radical (unpaired) electrons. The first-order valence-electron chi connectivity index (χ1n) is 2.30. The number of hydrogen-bond acceptors (Lipinski definition) is 1. The minimum atomic E-state index is 0.208. The summed E-state index contributed by atoms with van der Waals surface area (Å²) in [5.74, 6) is 0.208. The predicted octanol–water partition coefficient (Wildman–Crippen LogP) is 1.93. The molecule has 0 spiro atoms. The number of alkyl halides is 1. The first kappa shape index (κ1) is 6.97. The summed E-state index contributed by atoms with van der Waals surface area (Å²) in [5, 5.41) is 9.05. The third kappa shape index (κ3) is 2.64. The van der Waals surface area contributed by atoms with E-state index in [-0.39, 0.29) is 5.92 Å². The van der Waals surface area contributed by atoms with Gasteiger partial charge in [0.2, 0.25) is 0 Å². The molecular weight excluding hydrogens is 154 g/mol. The lowest BCUT2D eigenvalue weighted by molar-refractivity contribution is 0.729. The average Bonchev–Trinajstić information content (AvgIpc) is 1.72. The SMILES string of the molecule is CC[C@H](C#N)CBr. The van der Waals surface area contributed by atoms with Crippen molar-refractivity contribution in [2.24, 2.45) is 5.92 Å². The molecule has 1 nitrogen and oxygen atoms in total. The maximum Gasteiger partial charge on any atom is 0.0664 e. The van der Waals surface area contributed by atoms with Gasteiger partial charge in [0.15, 0.2) is 0 Å². The minimum absolute atomic E-state index is 0.208. The Morgan fingerprint density at radius 1 is 1.86 bits per heavy atom. The van der Waals surface area contributed by atoms with Crippen molar-refractivity contribution in [2.45, 2.75) is 13.3 Å². The highest BCUT2D eigenvalue weighted by Gasteiger charge is 1.97. The summed E-state index contributed by atoms with van der Waals surface area (Å²) < 4.78 is 0. The highest BCUT2D eigenvalue weighted by atomic mass is 79.9. The quantitative estimate of drug-likeness (QED) is 0.569. The molecular formula is C5H8BrN. The topological polar surface area (TPSA) is 23.8 Å². The van der Waals surface area contributed by atoms with Gasteiger partial charge in [-0.15, -0.1) is 0 Å². The predicted molar refractivity (Wildman–Crippen MR) is 33.2 cm³/mol. The van der Waals surface area contributed by atoms with Crippen molar-refractivity contribution in [3.8, 4) is 6.07 Å². The summed E-state index contributed by atoms with van der Waals surface area (Å²) in [5.41, 5.74) is 0. The Morgan fingerprint density at radius 2 is 2.43 bits per heavy atom. The van der Waals surface area contributed by atoms with Gasteiger partial charge in [0.05, 0.1) is 12.0 Å². The second kappa shape index (κ2) is 4.14. The normalized spacial score (nSPS) is 12.7. The van der Waals surface area contributed by atoms with Gasteiger partial charge < -0.3 is 0 Å². The Morgan fingerprint density at radius 3 is 2.43 bits per heavy atom. The van der Waals surface area contributed by atoms with Gasteiger partial charge in [-0.3, -0.25) is 0 Å². The fourth-order valence-electron chi connectivity index (χ4n) is 0.235. The van der Waals surface area contributed by atoms with Crippen molar-refractivity contribution in [2.75, 3.05) is 5.33 Å². The lowest BCUT2D eigenvalue weighted by Gasteiger charge is -1.94. The van der Waals surface area contributed by atoms with Crippen LogP contribution in [-0.2, 0) is 0 Å². The molecule has 0 aliphatic heterocycles. The van der Waals surface area contributed by atoms with Crippen LogP contribution in [0.4, 0.5) is 0 Å². The molecule has 0 aromatic heterocycles. The standard InChI is InChI=1S/C5H8BrN/c1-2-5(3-6)4-7/h5H,2-3H2,1H3/t5-/m0/s1. The van der Waals surface area contributed by atoms with Gasteiger partial charge in [-0.1, -0.05) is 22.9 Å². The number of nitriles is 1. The Bertz CT molecular complexity index is 70.6. The van der Waals surface area contributed by atoms with Crippen molar-refractivity contribution in [1.82, 2.24) is 0 Å². The zero-order chi connectivity index (χ0) is 5.70. The Labute approximate surface area is 52.5 Å². The second-order valence-corrected chi connectivity index (χ2v) is 2.04. The molecule has 0 aliphatic rings. The van der Waals surface area contributed by atoms with Crippen molar-refractivity contribution in [3.05, 3.63) is 0 Å². The summed E-state index contributed by atoms with van der Waals surface area (Å²) in [4.78, 5) is 0. The van der Waals surface area contributed by atoms with Gasteiger partial charge in [-0.05, 0) is 6.42 Å². The zero-order valence-electron chi connectivity index (χ0n) is 4.32. The van der Waals surface area contributed by atoms with Gasteiger partial charge in [0.25, 0.3) is 0 Å². The molecule has 0 amide bonds. The highest BCUT2D eigenvalue weighted by molar-refractivity contribution is 9.09. The van der Waals surface area contributed by atoms with Crippen LogP contribution in [0.5, 0.6) is 0 Å². The van der Waals surface area contributed by atoms with Crippen LogP contribution < -0.4 is 0 Å². The summed E-state index contributed by atoms with van der Waals surface area (Å²) in [7, 11) is 0. The molecule has 0 saturated heterocycles. The highest BCUT2D eigenvalue weighted by Crippen LogP contribution is 2.02. The maximum atomic E-state index is 8.25. The monoisotopic (exact) mass is 161 g/mol. The van der Waals surface area contributed by atoms with Crippen LogP contribution in [0.3, 0.4) is 0 Å². The van der Waals surface area contributed by atoms with Crippen LogP contribution in [0.25, 0.3) is 0 Å². The van der Waals surface area contributed by atoms with Gasteiger partial charge >= 0.3 is 0 Å². The van der Waals surface area contributed by atoms with Gasteiger partial charge in [0.1, 0.15) is 0 Å². The van der Waals surface area contributed by atoms with Crippen LogP contribution in [-0.4, -0.2) is 5.33 Å². The zero-order valence-corrected chi connectivity index (χ0v) is 5.90. The molecule has 0 saturated carbocycles. The van der Waals surface area contributed by atoms with Crippen LogP contribution >= 0.6 is 15.9 Å². The summed E-state index contributed by atoms with van der Waals surface area (Å²) in [6.07, 6.45) is 0.946. The van der Waals surface area contributed by atoms with E-state index in [0.717, 1.165) is 11.8 Å². The van der Waals surface area contributed by atoms with Crippen molar-refractivity contribution >= 4 is 15.9 Å². The number of halogens is 1. The molecule has 0 bridgehead atoms. The van der Waals surface area contributed by atoms with E-state index in [0.29, 0.717) is 0 Å². The third-order valence-electron chi connectivity index (χ3n) is 0.862. The lowest BCUT2D eigenvalue weighted by atomic mass is 10.2. The molecule has 7 heavy (non-hydrogen) atoms. The van der Waals surface area contributed by atoms with Gasteiger partial charge in [-0.25, -0.2) is 0 Å². The molecule has 0 aromatic carbocycles. The maximum absolute atomic E-state index is 8.25. The molecule has 0 heterocycles. The summed E-state index contributed by atoms with van der Waals surface area (Å²) in [6, 6.07) is 2.15. The van der Waals surface area contributed by atoms with Crippen molar-refractivity contribution in [3.63, 3.8) is 0 Å². The van der Waals surface area contributed by atoms with E-state index in [2.05, 4.69) is 22.0 Å². The molecule has 0 aromatic rings. The van der Waals surface area contributed by atoms with Crippen LogP contribution in [0, 0.1) is 17.2 Å². The number of rotatable bonds is 2. The van der Waals surface area contributed by atoms with E-state index in [1.54, 1.807) is 0 Å². The van der Waals surface area contributed by atoms with Crippen LogP contribution in [0.15, 0.2) is 0 Å². The number of nitrogens with zero attached hydrogens (tertiary/aromatic N) is 1. The molecule has 0 aliphatic carbocycles. The average molecular weight is 162 g/mol. The lowest BCUT2D eigenvalue weighted by Crippen LogP contribution is -1.93. The van der Waals surface area contributed by atoms with E-state index < -0.39 is 0 Å².